The molecule has 0 fully saturated rings. The Morgan fingerprint density at radius 2 is 1.30 bits per heavy atom. The zero-order valence-corrected chi connectivity index (χ0v) is 17.0. The summed E-state index contributed by atoms with van der Waals surface area (Å²) in [5.41, 5.74) is -4.49. The Hall–Kier alpha value is -2.87. The molecular formula is C22H23F3O5. The van der Waals surface area contributed by atoms with E-state index in [0.717, 1.165) is 26.4 Å². The van der Waals surface area contributed by atoms with Gasteiger partial charge in [0.05, 0.1) is 7.11 Å². The molecular weight excluding hydrogens is 401 g/mol. The first-order valence-corrected chi connectivity index (χ1v) is 9.04. The van der Waals surface area contributed by atoms with Gasteiger partial charge in [0.25, 0.3) is 5.60 Å². The minimum Gasteiger partial charge on any atom is -0.466 e. The maximum absolute atomic E-state index is 14.1. The summed E-state index contributed by atoms with van der Waals surface area (Å²) < 4.78 is 57.0. The number of benzene rings is 2. The second-order valence-corrected chi connectivity index (χ2v) is 7.15. The van der Waals surface area contributed by atoms with E-state index in [9.17, 15) is 22.8 Å². The normalized spacial score (nSPS) is 15.0. The van der Waals surface area contributed by atoms with Gasteiger partial charge in [-0.1, -0.05) is 74.5 Å². The Labute approximate surface area is 172 Å². The number of hydrogen-bond acceptors (Lipinski definition) is 5. The molecule has 0 amide bonds. The van der Waals surface area contributed by atoms with Crippen LogP contribution in [0.4, 0.5) is 13.2 Å². The number of ether oxygens (including phenoxy) is 3. The molecule has 2 aromatic carbocycles. The Balaban J connectivity index is 2.55. The highest BCUT2D eigenvalue weighted by Gasteiger charge is 2.65. The lowest BCUT2D eigenvalue weighted by atomic mass is 9.79. The third-order valence-corrected chi connectivity index (χ3v) is 4.99. The Morgan fingerprint density at radius 3 is 1.70 bits per heavy atom. The van der Waals surface area contributed by atoms with E-state index in [-0.39, 0.29) is 0 Å². The number of rotatable bonds is 7. The quantitative estimate of drug-likeness (QED) is 0.625. The minimum atomic E-state index is -5.16. The lowest BCUT2D eigenvalue weighted by molar-refractivity contribution is -0.279. The summed E-state index contributed by atoms with van der Waals surface area (Å²) in [7, 11) is 1.83. The van der Waals surface area contributed by atoms with E-state index in [1.807, 2.05) is 0 Å². The maximum atomic E-state index is 14.1. The number of hydrogen-bond donors (Lipinski definition) is 0. The molecule has 0 aliphatic carbocycles. The summed E-state index contributed by atoms with van der Waals surface area (Å²) in [6.45, 7) is 3.14. The van der Waals surface area contributed by atoms with E-state index >= 15 is 0 Å². The van der Waals surface area contributed by atoms with Gasteiger partial charge in [-0.15, -0.1) is 0 Å². The van der Waals surface area contributed by atoms with Gasteiger partial charge < -0.3 is 14.2 Å². The molecule has 0 N–H and O–H groups in total. The van der Waals surface area contributed by atoms with Crippen LogP contribution in [-0.2, 0) is 34.8 Å². The first-order valence-electron chi connectivity index (χ1n) is 9.04. The van der Waals surface area contributed by atoms with Crippen LogP contribution >= 0.6 is 0 Å². The zero-order chi connectivity index (χ0) is 22.6. The van der Waals surface area contributed by atoms with Crippen molar-refractivity contribution in [2.24, 2.45) is 0 Å². The summed E-state index contributed by atoms with van der Waals surface area (Å²) in [6, 6.07) is 14.9. The summed E-state index contributed by atoms with van der Waals surface area (Å²) in [5.74, 6) is -2.75. The van der Waals surface area contributed by atoms with Crippen molar-refractivity contribution in [3.63, 3.8) is 0 Å². The smallest absolute Gasteiger partial charge is 0.432 e. The number of carbonyl (C=O) groups is 2. The fraction of sp³-hybridized carbons (Fsp3) is 0.364. The van der Waals surface area contributed by atoms with E-state index in [4.69, 9.17) is 14.2 Å². The molecule has 0 unspecified atom stereocenters. The largest absolute Gasteiger partial charge is 0.466 e. The van der Waals surface area contributed by atoms with Crippen molar-refractivity contribution in [2.45, 2.75) is 37.1 Å². The van der Waals surface area contributed by atoms with Crippen molar-refractivity contribution in [3.05, 3.63) is 71.8 Å². The average molecular weight is 424 g/mol. The molecule has 0 aliphatic heterocycles. The fourth-order valence-corrected chi connectivity index (χ4v) is 3.19. The Bertz CT molecular complexity index is 865. The fourth-order valence-electron chi connectivity index (χ4n) is 3.19. The maximum Gasteiger partial charge on any atom is 0.432 e. The van der Waals surface area contributed by atoms with Crippen molar-refractivity contribution < 1.29 is 37.0 Å². The highest BCUT2D eigenvalue weighted by Crippen LogP contribution is 2.44. The molecule has 0 aromatic heterocycles. The van der Waals surface area contributed by atoms with Crippen LogP contribution in [0.3, 0.4) is 0 Å². The second-order valence-electron chi connectivity index (χ2n) is 7.15. The summed E-state index contributed by atoms with van der Waals surface area (Å²) in [6.07, 6.45) is -6.81. The van der Waals surface area contributed by atoms with Crippen LogP contribution < -0.4 is 0 Å². The molecule has 5 nitrogen and oxygen atoms in total. The topological polar surface area (TPSA) is 61.8 Å². The van der Waals surface area contributed by atoms with Crippen molar-refractivity contribution in [1.82, 2.24) is 0 Å². The molecule has 2 rings (SSSR count). The van der Waals surface area contributed by atoms with E-state index in [2.05, 4.69) is 0 Å². The molecule has 30 heavy (non-hydrogen) atoms. The number of methoxy groups -OCH3 is 2. The molecule has 162 valence electrons. The SMILES string of the molecule is COC(=O)[C@H](OC(=O)[C@@](OC)(c1ccccc1)C(F)(F)F)C(C)(C)c1ccccc1. The van der Waals surface area contributed by atoms with Crippen LogP contribution in [0, 0.1) is 0 Å². The zero-order valence-electron chi connectivity index (χ0n) is 17.0. The minimum absolute atomic E-state index is 0.467. The van der Waals surface area contributed by atoms with Crippen LogP contribution in [0.15, 0.2) is 60.7 Å². The lowest BCUT2D eigenvalue weighted by Gasteiger charge is -2.37. The molecule has 0 bridgehead atoms. The van der Waals surface area contributed by atoms with Gasteiger partial charge >= 0.3 is 18.1 Å². The van der Waals surface area contributed by atoms with Gasteiger partial charge in [-0.25, -0.2) is 9.59 Å². The first kappa shape index (κ1) is 23.4. The van der Waals surface area contributed by atoms with Gasteiger partial charge in [0.15, 0.2) is 0 Å². The molecule has 0 spiro atoms. The molecule has 0 saturated carbocycles. The molecule has 8 heteroatoms. The van der Waals surface area contributed by atoms with Crippen LogP contribution in [-0.4, -0.2) is 38.4 Å². The molecule has 0 aliphatic rings. The van der Waals surface area contributed by atoms with E-state index in [1.165, 1.54) is 18.2 Å². The molecule has 0 radical (unpaired) electrons. The molecule has 0 heterocycles. The molecule has 2 atom stereocenters. The lowest BCUT2D eigenvalue weighted by Crippen LogP contribution is -2.55. The number of carbonyl (C=O) groups excluding carboxylic acids is 2. The summed E-state index contributed by atoms with van der Waals surface area (Å²) in [5, 5.41) is 0. The van der Waals surface area contributed by atoms with E-state index in [1.54, 1.807) is 44.2 Å². The van der Waals surface area contributed by atoms with Gasteiger partial charge in [-0.3, -0.25) is 0 Å². The molecule has 2 aromatic rings. The number of esters is 2. The standard InChI is InChI=1S/C22H23F3O5/c1-20(2,15-11-7-5-8-12-15)17(18(26)28-3)30-19(27)21(29-4,22(23,24)25)16-13-9-6-10-14-16/h5-14,17H,1-4H3/t17-,21-/m0/s1. The van der Waals surface area contributed by atoms with Gasteiger partial charge in [0.1, 0.15) is 0 Å². The van der Waals surface area contributed by atoms with E-state index < -0.39 is 40.8 Å². The van der Waals surface area contributed by atoms with Crippen LogP contribution in [0.2, 0.25) is 0 Å². The number of halogens is 3. The highest BCUT2D eigenvalue weighted by atomic mass is 19.4. The summed E-state index contributed by atoms with van der Waals surface area (Å²) >= 11 is 0. The Morgan fingerprint density at radius 1 is 0.833 bits per heavy atom. The van der Waals surface area contributed by atoms with Gasteiger partial charge in [0.2, 0.25) is 6.10 Å². The van der Waals surface area contributed by atoms with Crippen LogP contribution in [0.25, 0.3) is 0 Å². The summed E-state index contributed by atoms with van der Waals surface area (Å²) in [4.78, 5) is 25.4. The third-order valence-electron chi connectivity index (χ3n) is 4.99. The van der Waals surface area contributed by atoms with Crippen molar-refractivity contribution in [1.29, 1.82) is 0 Å². The first-order chi connectivity index (χ1) is 14.0. The Kier molecular flexibility index (Phi) is 6.92. The third kappa shape index (κ3) is 4.18. The number of alkyl halides is 3. The molecule has 0 saturated heterocycles. The predicted octanol–water partition coefficient (Wildman–Crippen LogP) is 4.15. The van der Waals surface area contributed by atoms with Gasteiger partial charge in [0, 0.05) is 18.1 Å². The van der Waals surface area contributed by atoms with Crippen LogP contribution in [0.5, 0.6) is 0 Å². The van der Waals surface area contributed by atoms with Crippen LogP contribution in [0.1, 0.15) is 25.0 Å². The highest BCUT2D eigenvalue weighted by molar-refractivity contribution is 5.87. The average Bonchev–Trinajstić information content (AvgIpc) is 2.72. The monoisotopic (exact) mass is 424 g/mol. The predicted molar refractivity (Wildman–Crippen MR) is 103 cm³/mol. The van der Waals surface area contributed by atoms with Gasteiger partial charge in [-0.2, -0.15) is 13.2 Å². The second kappa shape index (κ2) is 8.87. The van der Waals surface area contributed by atoms with E-state index in [0.29, 0.717) is 5.56 Å². The van der Waals surface area contributed by atoms with Crippen molar-refractivity contribution in [3.8, 4) is 0 Å². The van der Waals surface area contributed by atoms with Crippen molar-refractivity contribution >= 4 is 11.9 Å². The van der Waals surface area contributed by atoms with Crippen molar-refractivity contribution in [2.75, 3.05) is 14.2 Å². The van der Waals surface area contributed by atoms with Gasteiger partial charge in [-0.05, 0) is 5.56 Å².